The van der Waals surface area contributed by atoms with Crippen molar-refractivity contribution < 1.29 is 14.3 Å². The monoisotopic (exact) mass is 397 g/mol. The molecule has 0 aliphatic carbocycles. The van der Waals surface area contributed by atoms with E-state index in [0.29, 0.717) is 18.8 Å². The van der Waals surface area contributed by atoms with Crippen LogP contribution in [-0.4, -0.2) is 51.2 Å². The van der Waals surface area contributed by atoms with Gasteiger partial charge in [-0.05, 0) is 67.8 Å². The standard InChI is InChI=1S/C23H31N3O3/c1-5-25(6-2)20-9-7-19(8-10-20)24-15-23(27)26-12-11-17-13-21(28-3)22(29-4)14-18(17)16-26/h7-10,13-14,24H,5-6,11-12,15-16H2,1-4H3. The minimum Gasteiger partial charge on any atom is -0.493 e. The summed E-state index contributed by atoms with van der Waals surface area (Å²) >= 11 is 0. The van der Waals surface area contributed by atoms with Gasteiger partial charge in [0.15, 0.2) is 11.5 Å². The molecule has 2 aromatic carbocycles. The van der Waals surface area contributed by atoms with Gasteiger partial charge in [-0.3, -0.25) is 4.79 Å². The molecule has 156 valence electrons. The zero-order valence-corrected chi connectivity index (χ0v) is 17.8. The molecule has 2 aromatic rings. The van der Waals surface area contributed by atoms with Crippen LogP contribution in [0.5, 0.6) is 11.5 Å². The van der Waals surface area contributed by atoms with E-state index in [0.717, 1.165) is 36.5 Å². The van der Waals surface area contributed by atoms with Gasteiger partial charge in [-0.2, -0.15) is 0 Å². The van der Waals surface area contributed by atoms with E-state index in [-0.39, 0.29) is 12.5 Å². The zero-order valence-electron chi connectivity index (χ0n) is 17.8. The van der Waals surface area contributed by atoms with Crippen LogP contribution in [0.25, 0.3) is 0 Å². The highest BCUT2D eigenvalue weighted by Gasteiger charge is 2.22. The molecule has 29 heavy (non-hydrogen) atoms. The minimum absolute atomic E-state index is 0.0956. The van der Waals surface area contributed by atoms with Crippen LogP contribution in [0.1, 0.15) is 25.0 Å². The first-order valence-corrected chi connectivity index (χ1v) is 10.2. The Morgan fingerprint density at radius 2 is 1.66 bits per heavy atom. The quantitative estimate of drug-likeness (QED) is 0.738. The molecule has 0 aromatic heterocycles. The molecule has 1 amide bonds. The van der Waals surface area contributed by atoms with Gasteiger partial charge in [0.2, 0.25) is 5.91 Å². The Morgan fingerprint density at radius 1 is 1.03 bits per heavy atom. The van der Waals surface area contributed by atoms with Crippen molar-refractivity contribution in [3.8, 4) is 11.5 Å². The SMILES string of the molecule is CCN(CC)c1ccc(NCC(=O)N2CCc3cc(OC)c(OC)cc3C2)cc1. The lowest BCUT2D eigenvalue weighted by Gasteiger charge is -2.30. The second kappa shape index (κ2) is 9.54. The number of nitrogens with zero attached hydrogens (tertiary/aromatic N) is 2. The zero-order chi connectivity index (χ0) is 20.8. The van der Waals surface area contributed by atoms with E-state index in [1.54, 1.807) is 14.2 Å². The Bertz CT molecular complexity index is 832. The average molecular weight is 398 g/mol. The molecule has 0 unspecified atom stereocenters. The highest BCUT2D eigenvalue weighted by Crippen LogP contribution is 2.33. The van der Waals surface area contributed by atoms with Crippen molar-refractivity contribution in [3.05, 3.63) is 47.5 Å². The van der Waals surface area contributed by atoms with Crippen molar-refractivity contribution in [2.75, 3.05) is 50.6 Å². The highest BCUT2D eigenvalue weighted by molar-refractivity contribution is 5.81. The molecular weight excluding hydrogens is 366 g/mol. The molecule has 1 aliphatic rings. The summed E-state index contributed by atoms with van der Waals surface area (Å²) in [6.45, 7) is 7.85. The van der Waals surface area contributed by atoms with Crippen LogP contribution in [0.15, 0.2) is 36.4 Å². The minimum atomic E-state index is 0.0956. The molecular formula is C23H31N3O3. The van der Waals surface area contributed by atoms with Gasteiger partial charge >= 0.3 is 0 Å². The number of benzene rings is 2. The van der Waals surface area contributed by atoms with Crippen molar-refractivity contribution in [3.63, 3.8) is 0 Å². The van der Waals surface area contributed by atoms with E-state index in [4.69, 9.17) is 9.47 Å². The number of nitrogens with one attached hydrogen (secondary N) is 1. The Morgan fingerprint density at radius 3 is 2.24 bits per heavy atom. The van der Waals surface area contributed by atoms with Gasteiger partial charge in [0.05, 0.1) is 20.8 Å². The molecule has 0 spiro atoms. The third-order valence-electron chi connectivity index (χ3n) is 5.51. The van der Waals surface area contributed by atoms with E-state index in [9.17, 15) is 4.79 Å². The van der Waals surface area contributed by atoms with Crippen molar-refractivity contribution in [1.82, 2.24) is 4.90 Å². The summed E-state index contributed by atoms with van der Waals surface area (Å²) in [5.41, 5.74) is 4.49. The van der Waals surface area contributed by atoms with Crippen LogP contribution in [0.3, 0.4) is 0 Å². The first-order chi connectivity index (χ1) is 14.1. The average Bonchev–Trinajstić information content (AvgIpc) is 2.77. The normalized spacial score (nSPS) is 12.9. The number of anilines is 2. The van der Waals surface area contributed by atoms with Gasteiger partial charge in [-0.1, -0.05) is 0 Å². The first-order valence-electron chi connectivity index (χ1n) is 10.2. The summed E-state index contributed by atoms with van der Waals surface area (Å²) in [5, 5.41) is 3.25. The Hall–Kier alpha value is -2.89. The van der Waals surface area contributed by atoms with Gasteiger partial charge in [-0.15, -0.1) is 0 Å². The van der Waals surface area contributed by atoms with Gasteiger partial charge in [0.25, 0.3) is 0 Å². The maximum absolute atomic E-state index is 12.7. The number of carbonyl (C=O) groups excluding carboxylic acids is 1. The fourth-order valence-corrected chi connectivity index (χ4v) is 3.76. The predicted octanol–water partition coefficient (Wildman–Crippen LogP) is 3.55. The molecule has 0 atom stereocenters. The summed E-state index contributed by atoms with van der Waals surface area (Å²) in [7, 11) is 3.27. The predicted molar refractivity (Wildman–Crippen MR) is 117 cm³/mol. The molecule has 1 N–H and O–H groups in total. The third-order valence-corrected chi connectivity index (χ3v) is 5.51. The number of ether oxygens (including phenoxy) is 2. The summed E-state index contributed by atoms with van der Waals surface area (Å²) in [6, 6.07) is 12.2. The number of carbonyl (C=O) groups is 1. The van der Waals surface area contributed by atoms with E-state index >= 15 is 0 Å². The smallest absolute Gasteiger partial charge is 0.242 e. The number of hydrogen-bond donors (Lipinski definition) is 1. The second-order valence-corrected chi connectivity index (χ2v) is 7.11. The van der Waals surface area contributed by atoms with Crippen molar-refractivity contribution >= 4 is 17.3 Å². The first kappa shape index (κ1) is 20.8. The Labute approximate surface area is 173 Å². The van der Waals surface area contributed by atoms with Gasteiger partial charge < -0.3 is 24.6 Å². The molecule has 0 bridgehead atoms. The summed E-state index contributed by atoms with van der Waals surface area (Å²) in [4.78, 5) is 16.9. The molecule has 3 rings (SSSR count). The summed E-state index contributed by atoms with van der Waals surface area (Å²) in [6.07, 6.45) is 0.819. The Balaban J connectivity index is 1.59. The lowest BCUT2D eigenvalue weighted by molar-refractivity contribution is -0.130. The second-order valence-electron chi connectivity index (χ2n) is 7.11. The molecule has 6 heteroatoms. The number of amides is 1. The lowest BCUT2D eigenvalue weighted by Crippen LogP contribution is -2.39. The van der Waals surface area contributed by atoms with Crippen molar-refractivity contribution in [2.45, 2.75) is 26.8 Å². The van der Waals surface area contributed by atoms with Crippen LogP contribution in [0.4, 0.5) is 11.4 Å². The van der Waals surface area contributed by atoms with Crippen molar-refractivity contribution in [2.24, 2.45) is 0 Å². The Kier molecular flexibility index (Phi) is 6.86. The number of rotatable bonds is 8. The van der Waals surface area contributed by atoms with Gasteiger partial charge in [-0.25, -0.2) is 0 Å². The van der Waals surface area contributed by atoms with Crippen LogP contribution >= 0.6 is 0 Å². The molecule has 0 fully saturated rings. The number of hydrogen-bond acceptors (Lipinski definition) is 5. The topological polar surface area (TPSA) is 54.0 Å². The van der Waals surface area contributed by atoms with E-state index < -0.39 is 0 Å². The fraction of sp³-hybridized carbons (Fsp3) is 0.435. The third kappa shape index (κ3) is 4.75. The van der Waals surface area contributed by atoms with Crippen LogP contribution < -0.4 is 19.7 Å². The molecule has 0 saturated heterocycles. The molecule has 6 nitrogen and oxygen atoms in total. The van der Waals surface area contributed by atoms with Gasteiger partial charge in [0, 0.05) is 37.6 Å². The highest BCUT2D eigenvalue weighted by atomic mass is 16.5. The van der Waals surface area contributed by atoms with Gasteiger partial charge in [0.1, 0.15) is 0 Å². The summed E-state index contributed by atoms with van der Waals surface area (Å²) < 4.78 is 10.8. The largest absolute Gasteiger partial charge is 0.493 e. The van der Waals surface area contributed by atoms with E-state index in [2.05, 4.69) is 36.2 Å². The fourth-order valence-electron chi connectivity index (χ4n) is 3.76. The van der Waals surface area contributed by atoms with E-state index in [1.165, 1.54) is 11.3 Å². The van der Waals surface area contributed by atoms with E-state index in [1.807, 2.05) is 29.2 Å². The van der Waals surface area contributed by atoms with Crippen LogP contribution in [0.2, 0.25) is 0 Å². The van der Waals surface area contributed by atoms with Crippen LogP contribution in [-0.2, 0) is 17.8 Å². The molecule has 0 radical (unpaired) electrons. The maximum Gasteiger partial charge on any atom is 0.242 e. The molecule has 0 saturated carbocycles. The van der Waals surface area contributed by atoms with Crippen molar-refractivity contribution in [1.29, 1.82) is 0 Å². The number of fused-ring (bicyclic) bond motifs is 1. The lowest BCUT2D eigenvalue weighted by atomic mass is 9.98. The maximum atomic E-state index is 12.7. The molecule has 1 heterocycles. The molecule has 1 aliphatic heterocycles. The summed E-state index contributed by atoms with van der Waals surface area (Å²) in [5.74, 6) is 1.53. The number of methoxy groups -OCH3 is 2. The van der Waals surface area contributed by atoms with Crippen LogP contribution in [0, 0.1) is 0 Å².